The summed E-state index contributed by atoms with van der Waals surface area (Å²) in [5.41, 5.74) is 2.29. The molecule has 0 saturated carbocycles. The van der Waals surface area contributed by atoms with Crippen LogP contribution in [0.15, 0.2) is 47.1 Å². The van der Waals surface area contributed by atoms with Crippen molar-refractivity contribution in [1.82, 2.24) is 15.2 Å². The van der Waals surface area contributed by atoms with Crippen LogP contribution in [0.3, 0.4) is 0 Å². The summed E-state index contributed by atoms with van der Waals surface area (Å²) < 4.78 is 10.7. The van der Waals surface area contributed by atoms with Gasteiger partial charge < -0.3 is 14.5 Å². The van der Waals surface area contributed by atoms with Crippen LogP contribution in [0.2, 0.25) is 0 Å². The first-order chi connectivity index (χ1) is 12.2. The smallest absolute Gasteiger partial charge is 0.247 e. The zero-order valence-corrected chi connectivity index (χ0v) is 14.0. The summed E-state index contributed by atoms with van der Waals surface area (Å²) in [7, 11) is 1.55. The van der Waals surface area contributed by atoms with E-state index >= 15 is 0 Å². The topological polar surface area (TPSA) is 90.1 Å². The molecule has 1 amide bonds. The van der Waals surface area contributed by atoms with E-state index in [4.69, 9.17) is 9.15 Å². The Balaban J connectivity index is 1.72. The lowest BCUT2D eigenvalue weighted by Gasteiger charge is -2.11. The highest BCUT2D eigenvalue weighted by atomic mass is 16.5. The predicted octanol–water partition coefficient (Wildman–Crippen LogP) is 3.02. The summed E-state index contributed by atoms with van der Waals surface area (Å²) in [6.07, 6.45) is 4.43. The van der Waals surface area contributed by atoms with E-state index in [9.17, 15) is 4.79 Å². The number of nitrogens with one attached hydrogen (secondary N) is 1. The molecule has 2 heterocycles. The molecule has 0 fully saturated rings. The SMILES string of the molecule is COc1ccc(-c2nnc(C)o2)cc1NC(=O)CCc1cccnc1. The Morgan fingerprint density at radius 1 is 1.28 bits per heavy atom. The number of nitrogens with zero attached hydrogens (tertiary/aromatic N) is 3. The number of rotatable bonds is 6. The molecule has 128 valence electrons. The van der Waals surface area contributed by atoms with Gasteiger partial charge in [-0.2, -0.15) is 0 Å². The molecule has 1 N–H and O–H groups in total. The number of aromatic nitrogens is 3. The Kier molecular flexibility index (Phi) is 5.03. The molecule has 0 bridgehead atoms. The summed E-state index contributed by atoms with van der Waals surface area (Å²) in [4.78, 5) is 16.3. The quantitative estimate of drug-likeness (QED) is 0.743. The van der Waals surface area contributed by atoms with Crippen LogP contribution < -0.4 is 10.1 Å². The van der Waals surface area contributed by atoms with Gasteiger partial charge in [0.05, 0.1) is 12.8 Å². The van der Waals surface area contributed by atoms with Gasteiger partial charge in [0.25, 0.3) is 0 Å². The maximum absolute atomic E-state index is 12.3. The molecule has 7 nitrogen and oxygen atoms in total. The van der Waals surface area contributed by atoms with Gasteiger partial charge in [0, 0.05) is 31.3 Å². The van der Waals surface area contributed by atoms with Gasteiger partial charge in [0.1, 0.15) is 5.75 Å². The van der Waals surface area contributed by atoms with Crippen LogP contribution in [-0.4, -0.2) is 28.2 Å². The van der Waals surface area contributed by atoms with Gasteiger partial charge >= 0.3 is 0 Å². The standard InChI is InChI=1S/C18H18N4O3/c1-12-21-22-18(25-12)14-6-7-16(24-2)15(10-14)20-17(23)8-5-13-4-3-9-19-11-13/h3-4,6-7,9-11H,5,8H2,1-2H3,(H,20,23). The van der Waals surface area contributed by atoms with Crippen molar-refractivity contribution in [2.24, 2.45) is 0 Å². The van der Waals surface area contributed by atoms with E-state index in [0.29, 0.717) is 41.6 Å². The molecule has 0 spiro atoms. The molecule has 1 aromatic carbocycles. The number of amides is 1. The molecule has 0 aliphatic carbocycles. The summed E-state index contributed by atoms with van der Waals surface area (Å²) in [5, 5.41) is 10.7. The fourth-order valence-electron chi connectivity index (χ4n) is 2.37. The van der Waals surface area contributed by atoms with Crippen LogP contribution in [0.1, 0.15) is 17.9 Å². The molecule has 0 unspecified atom stereocenters. The lowest BCUT2D eigenvalue weighted by atomic mass is 10.1. The molecule has 0 atom stereocenters. The first-order valence-corrected chi connectivity index (χ1v) is 7.83. The number of carbonyl (C=O) groups is 1. The number of aryl methyl sites for hydroxylation is 2. The molecule has 0 aliphatic rings. The third-order valence-electron chi connectivity index (χ3n) is 3.61. The average molecular weight is 338 g/mol. The fourth-order valence-corrected chi connectivity index (χ4v) is 2.37. The second-order valence-corrected chi connectivity index (χ2v) is 5.45. The van der Waals surface area contributed by atoms with Crippen molar-refractivity contribution in [3.63, 3.8) is 0 Å². The highest BCUT2D eigenvalue weighted by Crippen LogP contribution is 2.30. The molecule has 7 heteroatoms. The minimum absolute atomic E-state index is 0.110. The third-order valence-corrected chi connectivity index (χ3v) is 3.61. The summed E-state index contributed by atoms with van der Waals surface area (Å²) in [6.45, 7) is 1.72. The van der Waals surface area contributed by atoms with Crippen molar-refractivity contribution >= 4 is 11.6 Å². The summed E-state index contributed by atoms with van der Waals surface area (Å²) in [5.74, 6) is 1.33. The number of anilines is 1. The number of pyridine rings is 1. The van der Waals surface area contributed by atoms with Crippen molar-refractivity contribution in [1.29, 1.82) is 0 Å². The van der Waals surface area contributed by atoms with E-state index in [0.717, 1.165) is 5.56 Å². The van der Waals surface area contributed by atoms with E-state index < -0.39 is 0 Å². The molecule has 0 radical (unpaired) electrons. The van der Waals surface area contributed by atoms with Gasteiger partial charge in [-0.25, -0.2) is 0 Å². The van der Waals surface area contributed by atoms with Crippen LogP contribution in [0.5, 0.6) is 5.75 Å². The molecule has 25 heavy (non-hydrogen) atoms. The molecule has 3 aromatic rings. The maximum Gasteiger partial charge on any atom is 0.247 e. The van der Waals surface area contributed by atoms with Crippen LogP contribution in [0, 0.1) is 6.92 Å². The zero-order chi connectivity index (χ0) is 17.6. The summed E-state index contributed by atoms with van der Waals surface area (Å²) in [6, 6.07) is 9.11. The summed E-state index contributed by atoms with van der Waals surface area (Å²) >= 11 is 0. The second kappa shape index (κ2) is 7.57. The van der Waals surface area contributed by atoms with E-state index in [1.54, 1.807) is 44.6 Å². The monoisotopic (exact) mass is 338 g/mol. The number of benzene rings is 1. The van der Waals surface area contributed by atoms with Gasteiger partial charge in [0.2, 0.25) is 17.7 Å². The van der Waals surface area contributed by atoms with Crippen LogP contribution >= 0.6 is 0 Å². The average Bonchev–Trinajstić information content (AvgIpc) is 3.07. The minimum Gasteiger partial charge on any atom is -0.495 e. The van der Waals surface area contributed by atoms with E-state index in [-0.39, 0.29) is 5.91 Å². The molecule has 0 aliphatic heterocycles. The minimum atomic E-state index is -0.110. The van der Waals surface area contributed by atoms with Crippen LogP contribution in [0.25, 0.3) is 11.5 Å². The van der Waals surface area contributed by atoms with E-state index in [1.807, 2.05) is 12.1 Å². The molecular weight excluding hydrogens is 320 g/mol. The van der Waals surface area contributed by atoms with Crippen molar-refractivity contribution in [3.05, 3.63) is 54.2 Å². The Morgan fingerprint density at radius 3 is 2.84 bits per heavy atom. The number of hydrogen-bond donors (Lipinski definition) is 1. The number of hydrogen-bond acceptors (Lipinski definition) is 6. The molecule has 2 aromatic heterocycles. The Morgan fingerprint density at radius 2 is 2.16 bits per heavy atom. The van der Waals surface area contributed by atoms with E-state index in [1.165, 1.54) is 0 Å². The van der Waals surface area contributed by atoms with E-state index in [2.05, 4.69) is 20.5 Å². The second-order valence-electron chi connectivity index (χ2n) is 5.45. The third kappa shape index (κ3) is 4.20. The normalized spacial score (nSPS) is 10.5. The van der Waals surface area contributed by atoms with Crippen molar-refractivity contribution in [3.8, 4) is 17.2 Å². The first kappa shape index (κ1) is 16.6. The largest absolute Gasteiger partial charge is 0.495 e. The zero-order valence-electron chi connectivity index (χ0n) is 14.0. The molecule has 0 saturated heterocycles. The van der Waals surface area contributed by atoms with Gasteiger partial charge in [-0.1, -0.05) is 6.07 Å². The van der Waals surface area contributed by atoms with Crippen molar-refractivity contribution in [2.75, 3.05) is 12.4 Å². The van der Waals surface area contributed by atoms with Gasteiger partial charge in [-0.3, -0.25) is 9.78 Å². The number of carbonyl (C=O) groups excluding carboxylic acids is 1. The molecule has 3 rings (SSSR count). The predicted molar refractivity (Wildman–Crippen MR) is 92.2 cm³/mol. The highest BCUT2D eigenvalue weighted by Gasteiger charge is 2.12. The van der Waals surface area contributed by atoms with Gasteiger partial charge in [-0.05, 0) is 36.2 Å². The highest BCUT2D eigenvalue weighted by molar-refractivity contribution is 5.93. The van der Waals surface area contributed by atoms with Crippen LogP contribution in [0.4, 0.5) is 5.69 Å². The Hall–Kier alpha value is -3.22. The van der Waals surface area contributed by atoms with Gasteiger partial charge in [0.15, 0.2) is 0 Å². The van der Waals surface area contributed by atoms with Gasteiger partial charge in [-0.15, -0.1) is 10.2 Å². The lowest BCUT2D eigenvalue weighted by molar-refractivity contribution is -0.116. The maximum atomic E-state index is 12.3. The first-order valence-electron chi connectivity index (χ1n) is 7.83. The lowest BCUT2D eigenvalue weighted by Crippen LogP contribution is -2.13. The van der Waals surface area contributed by atoms with Crippen molar-refractivity contribution < 1.29 is 13.9 Å². The molecular formula is C18H18N4O3. The Bertz CT molecular complexity index is 862. The Labute approximate surface area is 145 Å². The van der Waals surface area contributed by atoms with Crippen molar-refractivity contribution in [2.45, 2.75) is 19.8 Å². The van der Waals surface area contributed by atoms with Crippen LogP contribution in [-0.2, 0) is 11.2 Å². The number of methoxy groups -OCH3 is 1. The fraction of sp³-hybridized carbons (Fsp3) is 0.222. The number of ether oxygens (including phenoxy) is 1.